The Hall–Kier alpha value is -5.88. The summed E-state index contributed by atoms with van der Waals surface area (Å²) in [5, 5.41) is 22.7. The van der Waals surface area contributed by atoms with E-state index in [-0.39, 0.29) is 28.8 Å². The molecule has 0 bridgehead atoms. The Morgan fingerprint density at radius 2 is 1.65 bits per heavy atom. The number of benzene rings is 4. The van der Waals surface area contributed by atoms with Crippen molar-refractivity contribution in [1.29, 1.82) is 0 Å². The quantitative estimate of drug-likeness (QED) is 0.160. The van der Waals surface area contributed by atoms with Crippen molar-refractivity contribution in [3.63, 3.8) is 0 Å². The molecular formula is C34H24N4O7S. The lowest BCUT2D eigenvalue weighted by Gasteiger charge is -2.30. The van der Waals surface area contributed by atoms with Crippen LogP contribution in [0.15, 0.2) is 106 Å². The summed E-state index contributed by atoms with van der Waals surface area (Å²) in [4.78, 5) is 41.0. The molecule has 0 unspecified atom stereocenters. The maximum Gasteiger partial charge on any atom is 0.318 e. The molecular weight excluding hydrogens is 608 g/mol. The Labute approximate surface area is 264 Å². The number of aromatic nitrogens is 1. The first-order valence-electron chi connectivity index (χ1n) is 14.3. The van der Waals surface area contributed by atoms with E-state index < -0.39 is 21.2 Å². The summed E-state index contributed by atoms with van der Waals surface area (Å²) < 4.78 is 13.6. The van der Waals surface area contributed by atoms with E-state index in [1.54, 1.807) is 28.8 Å². The van der Waals surface area contributed by atoms with Crippen molar-refractivity contribution < 1.29 is 19.3 Å². The number of nitrogens with zero attached hydrogens (tertiary/aromatic N) is 4. The minimum atomic E-state index is -0.748. The molecule has 46 heavy (non-hydrogen) atoms. The largest absolute Gasteiger partial charge is 0.493 e. The fraction of sp³-hybridized carbons (Fsp3) is 0.118. The Morgan fingerprint density at radius 1 is 0.891 bits per heavy atom. The normalized spacial score (nSPS) is 15.3. The van der Waals surface area contributed by atoms with Crippen LogP contribution < -0.4 is 24.4 Å². The zero-order valence-electron chi connectivity index (χ0n) is 24.3. The van der Waals surface area contributed by atoms with Gasteiger partial charge in [0.2, 0.25) is 5.75 Å². The highest BCUT2D eigenvalue weighted by Crippen LogP contribution is 2.41. The van der Waals surface area contributed by atoms with Gasteiger partial charge in [-0.3, -0.25) is 29.6 Å². The van der Waals surface area contributed by atoms with Crippen LogP contribution in [0.25, 0.3) is 11.8 Å². The van der Waals surface area contributed by atoms with E-state index in [1.807, 2.05) is 42.5 Å². The van der Waals surface area contributed by atoms with Gasteiger partial charge in [-0.25, -0.2) is 4.99 Å². The second-order valence-corrected chi connectivity index (χ2v) is 11.7. The highest BCUT2D eigenvalue weighted by molar-refractivity contribution is 7.07. The Morgan fingerprint density at radius 3 is 2.41 bits per heavy atom. The van der Waals surface area contributed by atoms with Crippen LogP contribution in [0.1, 0.15) is 34.7 Å². The lowest BCUT2D eigenvalue weighted by atomic mass is 9.83. The minimum Gasteiger partial charge on any atom is -0.493 e. The second kappa shape index (κ2) is 11.6. The summed E-state index contributed by atoms with van der Waals surface area (Å²) in [5.74, 6) is 0.235. The van der Waals surface area contributed by atoms with Crippen LogP contribution in [-0.2, 0) is 6.42 Å². The molecule has 7 rings (SSSR count). The van der Waals surface area contributed by atoms with Gasteiger partial charge in [-0.05, 0) is 59.4 Å². The molecule has 0 radical (unpaired) electrons. The molecule has 0 amide bonds. The third-order valence-corrected chi connectivity index (χ3v) is 9.03. The number of methoxy groups -OCH3 is 1. The molecule has 2 aliphatic rings. The van der Waals surface area contributed by atoms with Gasteiger partial charge in [-0.2, -0.15) is 0 Å². The SMILES string of the molecule is COc1cc(/C=c2\sc3n(c2=O)[C@@H](c2ccccc2)C2=C(N=3)c3ccccc3CC2)ccc1Oc1ccc([N+](=O)[O-])cc1[N+](=O)[O-]. The Kier molecular flexibility index (Phi) is 7.26. The summed E-state index contributed by atoms with van der Waals surface area (Å²) in [6.07, 6.45) is 3.42. The number of nitro benzene ring substituents is 2. The predicted octanol–water partition coefficient (Wildman–Crippen LogP) is 5.94. The first-order chi connectivity index (χ1) is 22.3. The maximum absolute atomic E-state index is 14.1. The Balaban J connectivity index is 1.31. The van der Waals surface area contributed by atoms with E-state index in [0.717, 1.165) is 47.4 Å². The van der Waals surface area contributed by atoms with E-state index in [2.05, 4.69) is 12.1 Å². The number of rotatable bonds is 7. The molecule has 228 valence electrons. The Bertz CT molecular complexity index is 2270. The molecule has 0 saturated heterocycles. The molecule has 11 nitrogen and oxygen atoms in total. The van der Waals surface area contributed by atoms with Crippen molar-refractivity contribution in [1.82, 2.24) is 4.57 Å². The molecule has 4 aromatic carbocycles. The van der Waals surface area contributed by atoms with Crippen LogP contribution in [0.2, 0.25) is 0 Å². The minimum absolute atomic E-state index is 0.161. The van der Waals surface area contributed by atoms with Crippen molar-refractivity contribution in [2.45, 2.75) is 18.9 Å². The lowest BCUT2D eigenvalue weighted by molar-refractivity contribution is -0.394. The highest BCUT2D eigenvalue weighted by atomic mass is 32.1. The molecule has 12 heteroatoms. The van der Waals surface area contributed by atoms with Crippen molar-refractivity contribution in [3.05, 3.63) is 159 Å². The summed E-state index contributed by atoms with van der Waals surface area (Å²) in [6.45, 7) is 0. The van der Waals surface area contributed by atoms with Gasteiger partial charge in [0.1, 0.15) is 0 Å². The number of fused-ring (bicyclic) bond motifs is 3. The van der Waals surface area contributed by atoms with E-state index in [4.69, 9.17) is 14.5 Å². The van der Waals surface area contributed by atoms with Gasteiger partial charge in [-0.15, -0.1) is 0 Å². The predicted molar refractivity (Wildman–Crippen MR) is 172 cm³/mol. The molecule has 1 atom stereocenters. The van der Waals surface area contributed by atoms with Crippen LogP contribution >= 0.6 is 11.3 Å². The monoisotopic (exact) mass is 632 g/mol. The molecule has 1 aliphatic carbocycles. The van der Waals surface area contributed by atoms with E-state index in [1.165, 1.54) is 30.1 Å². The van der Waals surface area contributed by atoms with Crippen molar-refractivity contribution >= 4 is 34.5 Å². The van der Waals surface area contributed by atoms with Crippen molar-refractivity contribution in [2.75, 3.05) is 7.11 Å². The maximum atomic E-state index is 14.1. The van der Waals surface area contributed by atoms with E-state index >= 15 is 0 Å². The molecule has 2 heterocycles. The zero-order valence-corrected chi connectivity index (χ0v) is 25.1. The lowest BCUT2D eigenvalue weighted by Crippen LogP contribution is -2.38. The summed E-state index contributed by atoms with van der Waals surface area (Å²) in [7, 11) is 1.42. The molecule has 0 spiro atoms. The highest BCUT2D eigenvalue weighted by Gasteiger charge is 2.32. The molecule has 0 N–H and O–H groups in total. The number of hydrogen-bond donors (Lipinski definition) is 0. The van der Waals surface area contributed by atoms with Gasteiger partial charge in [-0.1, -0.05) is 72.0 Å². The molecule has 1 aromatic heterocycles. The van der Waals surface area contributed by atoms with Crippen LogP contribution in [0.3, 0.4) is 0 Å². The fourth-order valence-corrected chi connectivity index (χ4v) is 6.94. The number of aryl methyl sites for hydroxylation is 1. The average molecular weight is 633 g/mol. The number of hydrogen-bond acceptors (Lipinski definition) is 9. The van der Waals surface area contributed by atoms with Gasteiger partial charge >= 0.3 is 5.69 Å². The smallest absolute Gasteiger partial charge is 0.318 e. The van der Waals surface area contributed by atoms with Crippen LogP contribution in [0.5, 0.6) is 17.2 Å². The third kappa shape index (κ3) is 5.04. The summed E-state index contributed by atoms with van der Waals surface area (Å²) >= 11 is 1.31. The van der Waals surface area contributed by atoms with Gasteiger partial charge < -0.3 is 9.47 Å². The second-order valence-electron chi connectivity index (χ2n) is 10.7. The number of non-ortho nitro benzene ring substituents is 1. The first kappa shape index (κ1) is 28.9. The number of allylic oxidation sites excluding steroid dienone is 1. The summed E-state index contributed by atoms with van der Waals surface area (Å²) in [6, 6.07) is 26.0. The molecule has 0 saturated carbocycles. The van der Waals surface area contributed by atoms with E-state index in [9.17, 15) is 25.0 Å². The molecule has 5 aromatic rings. The van der Waals surface area contributed by atoms with Gasteiger partial charge in [0.05, 0.1) is 39.3 Å². The van der Waals surface area contributed by atoms with Crippen molar-refractivity contribution in [3.8, 4) is 17.2 Å². The van der Waals surface area contributed by atoms with Crippen molar-refractivity contribution in [2.24, 2.45) is 4.99 Å². The number of nitro groups is 2. The van der Waals surface area contributed by atoms with Gasteiger partial charge in [0.15, 0.2) is 16.3 Å². The average Bonchev–Trinajstić information content (AvgIpc) is 3.38. The summed E-state index contributed by atoms with van der Waals surface area (Å²) in [5.41, 5.74) is 4.88. The third-order valence-electron chi connectivity index (χ3n) is 8.04. The number of ether oxygens (including phenoxy) is 2. The molecule has 1 aliphatic heterocycles. The van der Waals surface area contributed by atoms with Gasteiger partial charge in [0.25, 0.3) is 11.2 Å². The topological polar surface area (TPSA) is 139 Å². The number of thiazole rings is 1. The zero-order chi connectivity index (χ0) is 31.9. The van der Waals surface area contributed by atoms with Gasteiger partial charge in [0, 0.05) is 11.6 Å². The first-order valence-corrected chi connectivity index (χ1v) is 15.1. The fourth-order valence-electron chi connectivity index (χ4n) is 5.93. The standard InChI is InChI=1S/C34H24N4O7S/c1-44-29-17-20(11-15-28(29)45-27-16-13-23(37(40)41)19-26(27)38(42)43)18-30-33(39)36-32(22-8-3-2-4-9-22)25-14-12-21-7-5-6-10-24(21)31(25)35-34(36)46-30/h2-11,13,15-19,32H,12,14H2,1H3/b30-18-/t32-/m0/s1. The van der Waals surface area contributed by atoms with Crippen LogP contribution in [0, 0.1) is 20.2 Å². The van der Waals surface area contributed by atoms with Crippen LogP contribution in [0.4, 0.5) is 11.4 Å². The van der Waals surface area contributed by atoms with Crippen LogP contribution in [-0.4, -0.2) is 21.5 Å². The molecule has 0 fully saturated rings. The van der Waals surface area contributed by atoms with E-state index in [0.29, 0.717) is 14.9 Å².